The van der Waals surface area contributed by atoms with Crippen molar-refractivity contribution in [3.05, 3.63) is 101 Å². The molecule has 0 aliphatic rings. The fourth-order valence-electron chi connectivity index (χ4n) is 3.63. The first-order valence-corrected chi connectivity index (χ1v) is 10.5. The molecule has 0 aliphatic carbocycles. The first-order chi connectivity index (χ1) is 16.0. The number of methoxy groups -OCH3 is 1. The second kappa shape index (κ2) is 9.91. The van der Waals surface area contributed by atoms with Gasteiger partial charge in [0.1, 0.15) is 12.6 Å². The molecule has 0 fully saturated rings. The van der Waals surface area contributed by atoms with Gasteiger partial charge in [-0.05, 0) is 28.5 Å². The van der Waals surface area contributed by atoms with Gasteiger partial charge in [0.2, 0.25) is 5.91 Å². The van der Waals surface area contributed by atoms with Crippen LogP contribution in [0.3, 0.4) is 0 Å². The Morgan fingerprint density at radius 2 is 1.67 bits per heavy atom. The van der Waals surface area contributed by atoms with Crippen LogP contribution in [0.5, 0.6) is 0 Å². The van der Waals surface area contributed by atoms with Crippen LogP contribution < -0.4 is 10.9 Å². The molecule has 0 aliphatic heterocycles. The predicted octanol–water partition coefficient (Wildman–Crippen LogP) is 2.96. The van der Waals surface area contributed by atoms with Crippen molar-refractivity contribution in [2.24, 2.45) is 0 Å². The second-order valence-electron chi connectivity index (χ2n) is 7.61. The summed E-state index contributed by atoms with van der Waals surface area (Å²) in [5.74, 6) is -1.07. The molecule has 1 amide bonds. The van der Waals surface area contributed by atoms with E-state index in [0.29, 0.717) is 5.69 Å². The number of benzene rings is 3. The molecule has 0 bridgehead atoms. The topological polar surface area (TPSA) is 90.3 Å². The van der Waals surface area contributed by atoms with Crippen LogP contribution in [0.1, 0.15) is 5.56 Å². The summed E-state index contributed by atoms with van der Waals surface area (Å²) in [7, 11) is 1.27. The number of carbonyl (C=O) groups excluding carboxylic acids is 2. The lowest BCUT2D eigenvalue weighted by atomic mass is 10.1. The van der Waals surface area contributed by atoms with Crippen molar-refractivity contribution in [3.8, 4) is 11.3 Å². The van der Waals surface area contributed by atoms with Gasteiger partial charge >= 0.3 is 5.97 Å². The highest BCUT2D eigenvalue weighted by Crippen LogP contribution is 2.22. The molecule has 4 rings (SSSR count). The lowest BCUT2D eigenvalue weighted by Gasteiger charge is -2.17. The van der Waals surface area contributed by atoms with Crippen molar-refractivity contribution >= 4 is 22.6 Å². The quantitative estimate of drug-likeness (QED) is 0.446. The van der Waals surface area contributed by atoms with E-state index in [9.17, 15) is 14.4 Å². The number of carbonyl (C=O) groups is 2. The Morgan fingerprint density at radius 3 is 2.42 bits per heavy atom. The van der Waals surface area contributed by atoms with Crippen LogP contribution in [0.4, 0.5) is 0 Å². The summed E-state index contributed by atoms with van der Waals surface area (Å²) < 4.78 is 5.93. The van der Waals surface area contributed by atoms with Gasteiger partial charge in [0.15, 0.2) is 0 Å². The Bertz CT molecular complexity index is 1350. The number of hydrogen-bond donors (Lipinski definition) is 1. The van der Waals surface area contributed by atoms with Crippen molar-refractivity contribution in [1.29, 1.82) is 0 Å². The minimum atomic E-state index is -0.871. The van der Waals surface area contributed by atoms with E-state index in [2.05, 4.69) is 10.4 Å². The molecule has 7 nitrogen and oxygen atoms in total. The summed E-state index contributed by atoms with van der Waals surface area (Å²) in [4.78, 5) is 37.2. The highest BCUT2D eigenvalue weighted by atomic mass is 16.5. The van der Waals surface area contributed by atoms with Crippen molar-refractivity contribution in [2.75, 3.05) is 7.11 Å². The van der Waals surface area contributed by atoms with Gasteiger partial charge in [-0.1, -0.05) is 66.7 Å². The summed E-state index contributed by atoms with van der Waals surface area (Å²) in [6.45, 7) is -0.317. The monoisotopic (exact) mass is 441 g/mol. The number of ether oxygens (including phenoxy) is 1. The van der Waals surface area contributed by atoms with Crippen molar-refractivity contribution in [1.82, 2.24) is 15.1 Å². The molecule has 3 aromatic carbocycles. The summed E-state index contributed by atoms with van der Waals surface area (Å²) in [6, 6.07) is 25.3. The van der Waals surface area contributed by atoms with Crippen LogP contribution in [-0.4, -0.2) is 34.8 Å². The fraction of sp³-hybridized carbons (Fsp3) is 0.154. The maximum Gasteiger partial charge on any atom is 0.328 e. The fourth-order valence-corrected chi connectivity index (χ4v) is 3.63. The third kappa shape index (κ3) is 5.33. The molecule has 0 unspecified atom stereocenters. The second-order valence-corrected chi connectivity index (χ2v) is 7.61. The predicted molar refractivity (Wildman–Crippen MR) is 126 cm³/mol. The molecule has 0 radical (unpaired) electrons. The Morgan fingerprint density at radius 1 is 0.939 bits per heavy atom. The van der Waals surface area contributed by atoms with Gasteiger partial charge in [0, 0.05) is 18.1 Å². The van der Waals surface area contributed by atoms with E-state index in [1.165, 1.54) is 13.2 Å². The molecule has 0 saturated heterocycles. The van der Waals surface area contributed by atoms with Crippen molar-refractivity contribution in [2.45, 2.75) is 19.0 Å². The van der Waals surface area contributed by atoms with Gasteiger partial charge in [0.25, 0.3) is 5.56 Å². The minimum absolute atomic E-state index is 0.276. The highest BCUT2D eigenvalue weighted by molar-refractivity contribution is 5.87. The molecule has 33 heavy (non-hydrogen) atoms. The largest absolute Gasteiger partial charge is 0.467 e. The zero-order chi connectivity index (χ0) is 23.2. The van der Waals surface area contributed by atoms with Crippen LogP contribution in [0, 0.1) is 0 Å². The maximum atomic E-state index is 12.7. The normalized spacial score (nSPS) is 11.7. The number of fused-ring (bicyclic) bond motifs is 1. The number of hydrogen-bond acceptors (Lipinski definition) is 5. The first-order valence-electron chi connectivity index (χ1n) is 10.5. The Balaban J connectivity index is 1.53. The SMILES string of the molecule is COC(=O)[C@H](Cc1ccccc1)NC(=O)Cn1nc(-c2ccc3ccccc3c2)ccc1=O. The molecule has 7 heteroatoms. The first kappa shape index (κ1) is 22.0. The van der Waals surface area contributed by atoms with E-state index in [1.807, 2.05) is 72.8 Å². The van der Waals surface area contributed by atoms with Crippen LogP contribution in [0.25, 0.3) is 22.0 Å². The average molecular weight is 441 g/mol. The van der Waals surface area contributed by atoms with Crippen LogP contribution in [0.15, 0.2) is 89.7 Å². The van der Waals surface area contributed by atoms with Gasteiger partial charge in [0.05, 0.1) is 12.8 Å². The summed E-state index contributed by atoms with van der Waals surface area (Å²) in [5, 5.41) is 9.18. The lowest BCUT2D eigenvalue weighted by molar-refractivity contribution is -0.145. The molecular weight excluding hydrogens is 418 g/mol. The van der Waals surface area contributed by atoms with Gasteiger partial charge in [-0.3, -0.25) is 9.59 Å². The number of aromatic nitrogens is 2. The molecule has 1 aromatic heterocycles. The summed E-state index contributed by atoms with van der Waals surface area (Å²) in [5.41, 5.74) is 1.87. The van der Waals surface area contributed by atoms with Gasteiger partial charge in [-0.25, -0.2) is 9.48 Å². The Kier molecular flexibility index (Phi) is 6.59. The third-order valence-corrected chi connectivity index (χ3v) is 5.31. The number of esters is 1. The molecule has 4 aromatic rings. The van der Waals surface area contributed by atoms with E-state index in [4.69, 9.17) is 4.74 Å². The van der Waals surface area contributed by atoms with Crippen LogP contribution in [0.2, 0.25) is 0 Å². The van der Waals surface area contributed by atoms with Crippen LogP contribution in [-0.2, 0) is 27.3 Å². The van der Waals surface area contributed by atoms with E-state index in [1.54, 1.807) is 6.07 Å². The molecule has 166 valence electrons. The van der Waals surface area contributed by atoms with Crippen molar-refractivity contribution in [3.63, 3.8) is 0 Å². The van der Waals surface area contributed by atoms with Gasteiger partial charge in [-0.2, -0.15) is 5.10 Å². The van der Waals surface area contributed by atoms with Gasteiger partial charge in [-0.15, -0.1) is 0 Å². The van der Waals surface area contributed by atoms with Gasteiger partial charge < -0.3 is 10.1 Å². The number of amides is 1. The lowest BCUT2D eigenvalue weighted by Crippen LogP contribution is -2.45. The molecule has 0 spiro atoms. The molecular formula is C26H23N3O4. The zero-order valence-electron chi connectivity index (χ0n) is 18.1. The average Bonchev–Trinajstić information content (AvgIpc) is 2.84. The number of rotatable bonds is 7. The highest BCUT2D eigenvalue weighted by Gasteiger charge is 2.22. The molecule has 1 atom stereocenters. The summed E-state index contributed by atoms with van der Waals surface area (Å²) >= 11 is 0. The zero-order valence-corrected chi connectivity index (χ0v) is 18.1. The smallest absolute Gasteiger partial charge is 0.328 e. The molecule has 1 N–H and O–H groups in total. The van der Waals surface area contributed by atoms with Crippen molar-refractivity contribution < 1.29 is 14.3 Å². The van der Waals surface area contributed by atoms with E-state index in [-0.39, 0.29) is 13.0 Å². The standard InChI is InChI=1S/C26H23N3O4/c1-33-26(32)23(15-18-7-3-2-4-8-18)27-24(30)17-29-25(31)14-13-22(28-29)21-12-11-19-9-5-6-10-20(19)16-21/h2-14,16,23H,15,17H2,1H3,(H,27,30)/t23-/m0/s1. The maximum absolute atomic E-state index is 12.7. The minimum Gasteiger partial charge on any atom is -0.467 e. The van der Waals surface area contributed by atoms with E-state index >= 15 is 0 Å². The Labute approximate surface area is 190 Å². The Hall–Kier alpha value is -4.26. The third-order valence-electron chi connectivity index (χ3n) is 5.31. The molecule has 0 saturated carbocycles. The van der Waals surface area contributed by atoms with E-state index < -0.39 is 23.5 Å². The molecule has 1 heterocycles. The van der Waals surface area contributed by atoms with E-state index in [0.717, 1.165) is 26.6 Å². The van der Waals surface area contributed by atoms with Crippen LogP contribution >= 0.6 is 0 Å². The number of nitrogens with one attached hydrogen (secondary N) is 1. The number of nitrogens with zero attached hydrogens (tertiary/aromatic N) is 2. The summed E-state index contributed by atoms with van der Waals surface area (Å²) in [6.07, 6.45) is 0.276.